The number of hydrogen-bond acceptors (Lipinski definition) is 4. The lowest BCUT2D eigenvalue weighted by Crippen LogP contribution is -2.05. The Balaban J connectivity index is 0.000000251. The number of benzene rings is 2. The Morgan fingerprint density at radius 1 is 0.920 bits per heavy atom. The van der Waals surface area contributed by atoms with Crippen molar-refractivity contribution in [2.45, 2.75) is 12.8 Å². The first-order valence-corrected chi connectivity index (χ1v) is 8.38. The van der Waals surface area contributed by atoms with Gasteiger partial charge in [-0.3, -0.25) is 9.59 Å². The smallest absolute Gasteiger partial charge is 0.310 e. The summed E-state index contributed by atoms with van der Waals surface area (Å²) in [6.45, 7) is 3.67. The topological polar surface area (TPSA) is 52.6 Å². The van der Waals surface area contributed by atoms with Crippen LogP contribution in [0.5, 0.6) is 0 Å². The summed E-state index contributed by atoms with van der Waals surface area (Å²) in [6.07, 6.45) is 2.36. The van der Waals surface area contributed by atoms with Crippen molar-refractivity contribution in [2.24, 2.45) is 0 Å². The molecule has 0 unspecified atom stereocenters. The molecule has 2 aromatic rings. The number of rotatable bonds is 5. The molecule has 0 bridgehead atoms. The molecule has 0 aliphatic heterocycles. The van der Waals surface area contributed by atoms with E-state index in [0.717, 1.165) is 21.2 Å². The molecular weight excluding hydrogens is 384 g/mol. The predicted octanol–water partition coefficient (Wildman–Crippen LogP) is 4.21. The van der Waals surface area contributed by atoms with Crippen molar-refractivity contribution in [1.82, 2.24) is 0 Å². The van der Waals surface area contributed by atoms with E-state index in [1.54, 1.807) is 6.08 Å². The van der Waals surface area contributed by atoms with Crippen molar-refractivity contribution in [1.29, 1.82) is 0 Å². The van der Waals surface area contributed by atoms with Crippen LogP contribution in [-0.4, -0.2) is 26.2 Å². The van der Waals surface area contributed by atoms with Crippen molar-refractivity contribution in [3.63, 3.8) is 0 Å². The lowest BCUT2D eigenvalue weighted by atomic mass is 10.1. The fraction of sp³-hybridized carbons (Fsp3) is 0.200. The Morgan fingerprint density at radius 3 is 1.92 bits per heavy atom. The van der Waals surface area contributed by atoms with E-state index in [1.807, 2.05) is 48.5 Å². The third-order valence-electron chi connectivity index (χ3n) is 3.36. The van der Waals surface area contributed by atoms with E-state index < -0.39 is 0 Å². The van der Waals surface area contributed by atoms with Gasteiger partial charge in [0.05, 0.1) is 27.1 Å². The molecule has 0 saturated carbocycles. The minimum Gasteiger partial charge on any atom is -0.469 e. The summed E-state index contributed by atoms with van der Waals surface area (Å²) in [5, 5.41) is 0. The molecule has 0 spiro atoms. The first-order valence-electron chi connectivity index (χ1n) is 7.59. The van der Waals surface area contributed by atoms with E-state index >= 15 is 0 Å². The second kappa shape index (κ2) is 11.2. The van der Waals surface area contributed by atoms with Gasteiger partial charge in [0.2, 0.25) is 0 Å². The maximum atomic E-state index is 11.0. The highest BCUT2D eigenvalue weighted by Gasteiger charge is 2.05. The van der Waals surface area contributed by atoms with Gasteiger partial charge in [-0.15, -0.1) is 0 Å². The van der Waals surface area contributed by atoms with E-state index in [2.05, 4.69) is 32.0 Å². The zero-order chi connectivity index (χ0) is 18.7. The van der Waals surface area contributed by atoms with E-state index in [-0.39, 0.29) is 11.9 Å². The summed E-state index contributed by atoms with van der Waals surface area (Å²) in [5.41, 5.74) is 2.88. The van der Waals surface area contributed by atoms with Gasteiger partial charge in [-0.2, -0.15) is 0 Å². The van der Waals surface area contributed by atoms with Crippen LogP contribution in [0.2, 0.25) is 0 Å². The van der Waals surface area contributed by atoms with Gasteiger partial charge >= 0.3 is 11.9 Å². The highest BCUT2D eigenvalue weighted by Crippen LogP contribution is 2.16. The molecule has 5 heteroatoms. The first-order chi connectivity index (χ1) is 12.0. The van der Waals surface area contributed by atoms with Gasteiger partial charge < -0.3 is 9.47 Å². The van der Waals surface area contributed by atoms with Crippen LogP contribution in [0.4, 0.5) is 0 Å². The van der Waals surface area contributed by atoms with Crippen molar-refractivity contribution in [2.75, 3.05) is 14.2 Å². The van der Waals surface area contributed by atoms with Gasteiger partial charge in [-0.25, -0.2) is 0 Å². The van der Waals surface area contributed by atoms with Crippen LogP contribution in [0, 0.1) is 0 Å². The Hall–Kier alpha value is -2.40. The van der Waals surface area contributed by atoms with Gasteiger partial charge in [-0.05, 0) is 22.8 Å². The molecule has 0 aliphatic carbocycles. The van der Waals surface area contributed by atoms with Gasteiger partial charge in [0, 0.05) is 4.47 Å². The highest BCUT2D eigenvalue weighted by molar-refractivity contribution is 9.10. The fourth-order valence-corrected chi connectivity index (χ4v) is 2.42. The molecule has 0 aliphatic rings. The molecule has 0 amide bonds. The van der Waals surface area contributed by atoms with E-state index in [0.29, 0.717) is 12.8 Å². The van der Waals surface area contributed by atoms with E-state index in [4.69, 9.17) is 0 Å². The normalized spacial score (nSPS) is 9.40. The van der Waals surface area contributed by atoms with E-state index in [1.165, 1.54) is 14.2 Å². The highest BCUT2D eigenvalue weighted by atomic mass is 79.9. The minimum atomic E-state index is -0.227. The van der Waals surface area contributed by atoms with Crippen LogP contribution in [0.3, 0.4) is 0 Å². The number of methoxy groups -OCH3 is 2. The number of carbonyl (C=O) groups is 2. The monoisotopic (exact) mass is 404 g/mol. The van der Waals surface area contributed by atoms with Crippen molar-refractivity contribution in [3.05, 3.63) is 76.3 Å². The van der Waals surface area contributed by atoms with Crippen LogP contribution in [0.15, 0.2) is 59.6 Å². The zero-order valence-corrected chi connectivity index (χ0v) is 15.9. The molecule has 2 aromatic carbocycles. The SMILES string of the molecule is C=Cc1ccccc1CC(=O)OC.COC(=O)Cc1ccccc1Br. The average molecular weight is 405 g/mol. The van der Waals surface area contributed by atoms with Crippen molar-refractivity contribution < 1.29 is 19.1 Å². The van der Waals surface area contributed by atoms with Crippen molar-refractivity contribution >= 4 is 33.9 Å². The first kappa shape index (κ1) is 20.6. The Labute approximate surface area is 156 Å². The lowest BCUT2D eigenvalue weighted by Gasteiger charge is -2.03. The van der Waals surface area contributed by atoms with Crippen LogP contribution in [-0.2, 0) is 31.9 Å². The molecule has 0 atom stereocenters. The average Bonchev–Trinajstić information content (AvgIpc) is 2.64. The van der Waals surface area contributed by atoms with Gasteiger partial charge in [0.1, 0.15) is 0 Å². The maximum absolute atomic E-state index is 11.0. The number of esters is 2. The molecule has 2 rings (SSSR count). The quantitative estimate of drug-likeness (QED) is 0.700. The predicted molar refractivity (Wildman–Crippen MR) is 102 cm³/mol. The number of halogens is 1. The van der Waals surface area contributed by atoms with Gasteiger partial charge in [0.15, 0.2) is 0 Å². The van der Waals surface area contributed by atoms with E-state index in [9.17, 15) is 9.59 Å². The lowest BCUT2D eigenvalue weighted by molar-refractivity contribution is -0.140. The van der Waals surface area contributed by atoms with Gasteiger partial charge in [-0.1, -0.05) is 71.0 Å². The number of ether oxygens (including phenoxy) is 2. The standard InChI is InChI=1S/C11H12O2.C9H9BrO2/c1-3-9-6-4-5-7-10(9)8-11(12)13-2;1-12-9(11)6-7-4-2-3-5-8(7)10/h3-7H,1,8H2,2H3;2-5H,6H2,1H3. The molecular formula is C20H21BrO4. The molecule has 0 N–H and O–H groups in total. The molecule has 25 heavy (non-hydrogen) atoms. The third kappa shape index (κ3) is 7.35. The summed E-state index contributed by atoms with van der Waals surface area (Å²) in [7, 11) is 2.78. The summed E-state index contributed by atoms with van der Waals surface area (Å²) < 4.78 is 10.1. The zero-order valence-electron chi connectivity index (χ0n) is 14.3. The summed E-state index contributed by atoms with van der Waals surface area (Å²) >= 11 is 3.35. The molecule has 0 fully saturated rings. The number of hydrogen-bond donors (Lipinski definition) is 0. The summed E-state index contributed by atoms with van der Waals surface area (Å²) in [5.74, 6) is -0.448. The van der Waals surface area contributed by atoms with Crippen molar-refractivity contribution in [3.8, 4) is 0 Å². The third-order valence-corrected chi connectivity index (χ3v) is 4.13. The molecule has 0 heterocycles. The van der Waals surface area contributed by atoms with Crippen LogP contribution >= 0.6 is 15.9 Å². The Morgan fingerprint density at radius 2 is 1.40 bits per heavy atom. The molecule has 0 radical (unpaired) electrons. The largest absolute Gasteiger partial charge is 0.469 e. The second-order valence-electron chi connectivity index (χ2n) is 5.00. The minimum absolute atomic E-state index is 0.220. The Kier molecular flexibility index (Phi) is 9.25. The Bertz CT molecular complexity index is 725. The number of carbonyl (C=O) groups excluding carboxylic acids is 2. The van der Waals surface area contributed by atoms with Crippen LogP contribution in [0.25, 0.3) is 6.08 Å². The molecule has 0 saturated heterocycles. The molecule has 132 valence electrons. The summed E-state index contributed by atoms with van der Waals surface area (Å²) in [6, 6.07) is 15.2. The van der Waals surface area contributed by atoms with Crippen LogP contribution < -0.4 is 0 Å². The second-order valence-corrected chi connectivity index (χ2v) is 5.85. The molecule has 0 aromatic heterocycles. The fourth-order valence-electron chi connectivity index (χ4n) is 1.99. The summed E-state index contributed by atoms with van der Waals surface area (Å²) in [4.78, 5) is 21.9. The van der Waals surface area contributed by atoms with Gasteiger partial charge in [0.25, 0.3) is 0 Å². The van der Waals surface area contributed by atoms with Crippen LogP contribution in [0.1, 0.15) is 16.7 Å². The molecule has 4 nitrogen and oxygen atoms in total. The maximum Gasteiger partial charge on any atom is 0.310 e.